The van der Waals surface area contributed by atoms with Crippen molar-refractivity contribution >= 4 is 17.3 Å². The molecule has 0 radical (unpaired) electrons. The topological polar surface area (TPSA) is 44.8 Å². The van der Waals surface area contributed by atoms with E-state index in [9.17, 15) is 4.79 Å². The average molecular weight is 360 g/mol. The van der Waals surface area contributed by atoms with Crippen LogP contribution in [0.2, 0.25) is 0 Å². The Morgan fingerprint density at radius 2 is 1.65 bits per heavy atom. The molecule has 0 bridgehead atoms. The van der Waals surface area contributed by atoms with Crippen LogP contribution in [0.15, 0.2) is 24.3 Å². The first-order valence-corrected chi connectivity index (χ1v) is 9.98. The molecule has 3 unspecified atom stereocenters. The summed E-state index contributed by atoms with van der Waals surface area (Å²) in [5, 5.41) is 3.36. The highest BCUT2D eigenvalue weighted by Gasteiger charge is 2.28. The molecule has 1 N–H and O–H groups in total. The Hall–Kier alpha value is -1.75. The molecule has 2 fully saturated rings. The van der Waals surface area contributed by atoms with Crippen molar-refractivity contribution in [1.29, 1.82) is 0 Å². The Kier molecular flexibility index (Phi) is 6.07. The lowest BCUT2D eigenvalue weighted by molar-refractivity contribution is -0.143. The summed E-state index contributed by atoms with van der Waals surface area (Å²) in [7, 11) is 0. The highest BCUT2D eigenvalue weighted by molar-refractivity contribution is 5.84. The largest absolute Gasteiger partial charge is 0.374 e. The summed E-state index contributed by atoms with van der Waals surface area (Å²) in [4.78, 5) is 17.1. The van der Waals surface area contributed by atoms with E-state index in [0.29, 0.717) is 13.1 Å². The van der Waals surface area contributed by atoms with Gasteiger partial charge in [-0.1, -0.05) is 6.92 Å². The van der Waals surface area contributed by atoms with Crippen LogP contribution >= 0.6 is 0 Å². The number of nitrogens with one attached hydrogen (secondary N) is 1. The Labute approximate surface area is 157 Å². The molecule has 0 saturated carbocycles. The van der Waals surface area contributed by atoms with Crippen LogP contribution in [0.3, 0.4) is 0 Å². The van der Waals surface area contributed by atoms with Crippen molar-refractivity contribution in [1.82, 2.24) is 4.90 Å². The minimum atomic E-state index is -0.241. The number of ether oxygens (including phenoxy) is 1. The van der Waals surface area contributed by atoms with E-state index in [-0.39, 0.29) is 24.2 Å². The number of carbonyl (C=O) groups excluding carboxylic acids is 1. The third kappa shape index (κ3) is 4.70. The van der Waals surface area contributed by atoms with Gasteiger partial charge in [-0.05, 0) is 63.8 Å². The second-order valence-electron chi connectivity index (χ2n) is 8.08. The second-order valence-corrected chi connectivity index (χ2v) is 8.08. The molecular formula is C21H33N3O2. The van der Waals surface area contributed by atoms with Crippen LogP contribution in [-0.2, 0) is 9.53 Å². The van der Waals surface area contributed by atoms with E-state index < -0.39 is 0 Å². The summed E-state index contributed by atoms with van der Waals surface area (Å²) >= 11 is 0. The van der Waals surface area contributed by atoms with Gasteiger partial charge in [0.15, 0.2) is 0 Å². The number of nitrogens with zero attached hydrogens (tertiary/aromatic N) is 2. The maximum Gasteiger partial charge on any atom is 0.244 e. The summed E-state index contributed by atoms with van der Waals surface area (Å²) in [6, 6.07) is 8.25. The predicted molar refractivity (Wildman–Crippen MR) is 107 cm³/mol. The van der Waals surface area contributed by atoms with Gasteiger partial charge in [0.05, 0.1) is 12.2 Å². The van der Waals surface area contributed by atoms with Gasteiger partial charge in [0.25, 0.3) is 0 Å². The zero-order valence-corrected chi connectivity index (χ0v) is 16.6. The zero-order valence-electron chi connectivity index (χ0n) is 16.6. The fraction of sp³-hybridized carbons (Fsp3) is 0.667. The van der Waals surface area contributed by atoms with E-state index in [2.05, 4.69) is 41.4 Å². The lowest BCUT2D eigenvalue weighted by Crippen LogP contribution is -2.52. The van der Waals surface area contributed by atoms with Crippen molar-refractivity contribution in [2.24, 2.45) is 5.92 Å². The molecule has 0 aliphatic carbocycles. The molecule has 5 heteroatoms. The first-order chi connectivity index (χ1) is 12.4. The van der Waals surface area contributed by atoms with Gasteiger partial charge in [-0.15, -0.1) is 0 Å². The first-order valence-electron chi connectivity index (χ1n) is 9.98. The standard InChI is InChI=1S/C21H33N3O2/c1-15-9-11-23(12-10-15)20-7-5-19(6-8-20)22-18(4)21(25)24-13-16(2)26-17(3)14-24/h5-8,15-18,22H,9-14H2,1-4H3. The number of amides is 1. The number of piperidine rings is 1. The van der Waals surface area contributed by atoms with Gasteiger partial charge in [0.1, 0.15) is 6.04 Å². The molecule has 0 aromatic heterocycles. The van der Waals surface area contributed by atoms with E-state index in [0.717, 1.165) is 24.7 Å². The molecule has 1 aromatic rings. The lowest BCUT2D eigenvalue weighted by Gasteiger charge is -2.36. The molecule has 0 spiro atoms. The monoisotopic (exact) mass is 359 g/mol. The maximum absolute atomic E-state index is 12.7. The molecule has 3 atom stereocenters. The van der Waals surface area contributed by atoms with Gasteiger partial charge >= 0.3 is 0 Å². The number of hydrogen-bond acceptors (Lipinski definition) is 4. The maximum atomic E-state index is 12.7. The summed E-state index contributed by atoms with van der Waals surface area (Å²) in [6.45, 7) is 11.9. The smallest absolute Gasteiger partial charge is 0.244 e. The van der Waals surface area contributed by atoms with Gasteiger partial charge in [-0.3, -0.25) is 4.79 Å². The molecule has 2 heterocycles. The minimum Gasteiger partial charge on any atom is -0.374 e. The van der Waals surface area contributed by atoms with E-state index in [1.54, 1.807) is 0 Å². The Morgan fingerprint density at radius 3 is 2.23 bits per heavy atom. The van der Waals surface area contributed by atoms with Crippen molar-refractivity contribution in [3.05, 3.63) is 24.3 Å². The second kappa shape index (κ2) is 8.30. The SMILES string of the molecule is CC1CCN(c2ccc(NC(C)C(=O)N3CC(C)OC(C)C3)cc2)CC1. The van der Waals surface area contributed by atoms with Crippen LogP contribution in [0, 0.1) is 5.92 Å². The first kappa shape index (κ1) is 19.0. The summed E-state index contributed by atoms with van der Waals surface area (Å²) < 4.78 is 5.72. The van der Waals surface area contributed by atoms with Crippen LogP contribution < -0.4 is 10.2 Å². The number of anilines is 2. The van der Waals surface area contributed by atoms with Gasteiger partial charge < -0.3 is 19.9 Å². The Bertz CT molecular complexity index is 586. The van der Waals surface area contributed by atoms with Crippen LogP contribution in [0.4, 0.5) is 11.4 Å². The summed E-state index contributed by atoms with van der Waals surface area (Å²) in [5.41, 5.74) is 2.27. The van der Waals surface area contributed by atoms with Crippen molar-refractivity contribution in [2.45, 2.75) is 58.8 Å². The molecule has 5 nitrogen and oxygen atoms in total. The van der Waals surface area contributed by atoms with Crippen molar-refractivity contribution in [3.8, 4) is 0 Å². The van der Waals surface area contributed by atoms with E-state index >= 15 is 0 Å². The van der Waals surface area contributed by atoms with Crippen molar-refractivity contribution in [2.75, 3.05) is 36.4 Å². The fourth-order valence-electron chi connectivity index (χ4n) is 3.98. The number of benzene rings is 1. The predicted octanol–water partition coefficient (Wildman–Crippen LogP) is 3.36. The van der Waals surface area contributed by atoms with Crippen LogP contribution in [0.25, 0.3) is 0 Å². The molecule has 144 valence electrons. The molecule has 2 aliphatic heterocycles. The van der Waals surface area contributed by atoms with Gasteiger partial charge in [0, 0.05) is 37.6 Å². The van der Waals surface area contributed by atoms with Crippen LogP contribution in [-0.4, -0.2) is 55.2 Å². The van der Waals surface area contributed by atoms with Crippen molar-refractivity contribution in [3.63, 3.8) is 0 Å². The number of morpholine rings is 1. The highest BCUT2D eigenvalue weighted by Crippen LogP contribution is 2.24. The van der Waals surface area contributed by atoms with E-state index in [1.165, 1.54) is 18.5 Å². The lowest BCUT2D eigenvalue weighted by atomic mass is 9.99. The third-order valence-corrected chi connectivity index (χ3v) is 5.50. The van der Waals surface area contributed by atoms with Gasteiger partial charge in [-0.2, -0.15) is 0 Å². The van der Waals surface area contributed by atoms with Gasteiger partial charge in [0.2, 0.25) is 5.91 Å². The molecule has 2 aliphatic rings. The van der Waals surface area contributed by atoms with Crippen LogP contribution in [0.1, 0.15) is 40.5 Å². The average Bonchev–Trinajstić information content (AvgIpc) is 2.61. The molecule has 3 rings (SSSR count). The fourth-order valence-corrected chi connectivity index (χ4v) is 3.98. The highest BCUT2D eigenvalue weighted by atomic mass is 16.5. The van der Waals surface area contributed by atoms with Crippen LogP contribution in [0.5, 0.6) is 0 Å². The Balaban J connectivity index is 1.55. The van der Waals surface area contributed by atoms with Crippen molar-refractivity contribution < 1.29 is 9.53 Å². The summed E-state index contributed by atoms with van der Waals surface area (Å²) in [5.74, 6) is 0.978. The molecule has 2 saturated heterocycles. The normalized spacial score (nSPS) is 25.8. The van der Waals surface area contributed by atoms with E-state index in [4.69, 9.17) is 4.74 Å². The molecule has 1 amide bonds. The molecular weight excluding hydrogens is 326 g/mol. The number of hydrogen-bond donors (Lipinski definition) is 1. The summed E-state index contributed by atoms with van der Waals surface area (Å²) in [6.07, 6.45) is 2.73. The van der Waals surface area contributed by atoms with Gasteiger partial charge in [-0.25, -0.2) is 0 Å². The minimum absolute atomic E-state index is 0.0986. The zero-order chi connectivity index (χ0) is 18.7. The molecule has 1 aromatic carbocycles. The number of rotatable bonds is 4. The van der Waals surface area contributed by atoms with E-state index in [1.807, 2.05) is 25.7 Å². The molecule has 26 heavy (non-hydrogen) atoms. The Morgan fingerprint density at radius 1 is 1.08 bits per heavy atom. The number of carbonyl (C=O) groups is 1. The quantitative estimate of drug-likeness (QED) is 0.895. The third-order valence-electron chi connectivity index (χ3n) is 5.50.